The lowest BCUT2D eigenvalue weighted by Gasteiger charge is -2.40. The van der Waals surface area contributed by atoms with Gasteiger partial charge in [-0.25, -0.2) is 0 Å². The van der Waals surface area contributed by atoms with Crippen LogP contribution in [-0.2, 0) is 32.2 Å². The lowest BCUT2D eigenvalue weighted by atomic mass is 9.80. The summed E-state index contributed by atoms with van der Waals surface area (Å²) in [4.78, 5) is 64.3. The number of aldehydes is 1. The van der Waals surface area contributed by atoms with Crippen LogP contribution in [-0.4, -0.2) is 169 Å². The van der Waals surface area contributed by atoms with Gasteiger partial charge in [-0.05, 0) is 158 Å². The highest BCUT2D eigenvalue weighted by Gasteiger charge is 2.50. The van der Waals surface area contributed by atoms with E-state index in [2.05, 4.69) is 19.7 Å². The third kappa shape index (κ3) is 12.7. The Kier molecular flexibility index (Phi) is 18.7. The minimum absolute atomic E-state index is 0.0517. The zero-order valence-corrected chi connectivity index (χ0v) is 52.0. The van der Waals surface area contributed by atoms with E-state index in [1.165, 1.54) is 7.11 Å². The smallest absolute Gasteiger partial charge is 0.411 e. The van der Waals surface area contributed by atoms with Crippen LogP contribution in [0.3, 0.4) is 0 Å². The maximum atomic E-state index is 14.2. The van der Waals surface area contributed by atoms with Gasteiger partial charge >= 0.3 is 21.2 Å². The minimum atomic E-state index is -1.02. The van der Waals surface area contributed by atoms with Crippen molar-refractivity contribution in [3.8, 4) is 23.0 Å². The summed E-state index contributed by atoms with van der Waals surface area (Å²) in [5, 5.41) is 43.3. The molecule has 12 rings (SSSR count). The average Bonchev–Trinajstić information content (AvgIpc) is 1.77. The summed E-state index contributed by atoms with van der Waals surface area (Å²) in [6.07, 6.45) is 5.82. The van der Waals surface area contributed by atoms with Crippen molar-refractivity contribution >= 4 is 62.2 Å². The number of carbonyl (C=O) groups excluding carboxylic acids is 4. The number of nitrogens with zero attached hydrogens (tertiary/aromatic N) is 6. The normalized spacial score (nSPS) is 24.7. The van der Waals surface area contributed by atoms with Crippen molar-refractivity contribution < 1.29 is 72.5 Å². The fourth-order valence-electron chi connectivity index (χ4n) is 14.1. The van der Waals surface area contributed by atoms with E-state index in [1.54, 1.807) is 95.3 Å². The molecule has 89 heavy (non-hydrogen) atoms. The van der Waals surface area contributed by atoms with Gasteiger partial charge in [-0.1, -0.05) is 36.5 Å². The monoisotopic (exact) mass is 1220 g/mol. The molecule has 470 valence electrons. The van der Waals surface area contributed by atoms with Gasteiger partial charge < -0.3 is 82.5 Å². The van der Waals surface area contributed by atoms with Gasteiger partial charge in [0.25, 0.3) is 17.7 Å². The molecule has 4 aromatic rings. The fraction of sp³-hybridized carbons (Fsp3) is 0.477. The van der Waals surface area contributed by atoms with Gasteiger partial charge in [-0.3, -0.25) is 19.2 Å². The highest BCUT2D eigenvalue weighted by Crippen LogP contribution is 2.45. The third-order valence-corrected chi connectivity index (χ3v) is 18.3. The zero-order chi connectivity index (χ0) is 63.3. The second-order valence-corrected chi connectivity index (χ2v) is 25.0. The molecule has 4 N–H and O–H groups in total. The lowest BCUT2D eigenvalue weighted by Crippen LogP contribution is -2.56. The highest BCUT2D eigenvalue weighted by atomic mass is 16.7. The molecule has 24 heteroatoms. The van der Waals surface area contributed by atoms with Gasteiger partial charge in [-0.15, -0.1) is 0 Å². The molecular weight excluding hydrogens is 1140 g/mol. The fourth-order valence-corrected chi connectivity index (χ4v) is 14.1. The topological polar surface area (TPSA) is 233 Å². The zero-order valence-electron chi connectivity index (χ0n) is 52.0. The number of amides is 3. The number of phenols is 1. The van der Waals surface area contributed by atoms with Crippen LogP contribution in [0.1, 0.15) is 128 Å². The SMILES string of the molecule is C=C1C[C@H]2[C@H](C)N(B(C)O)c3cc(OCc4cc(C=O)cc(COc5cc6c(cc5C)C(=O)N5CC(=C)C[C@H]5[C@H](OC5CCCCO5)N6B(C)O)c4)c(OC)cc3C(=O)N2C1.C=C1C[C@H]2[C@H](OC3CCCCO3)N(B(C)O)c3cc(O)c(C)cc3C(=O)N2C1. The largest absolute Gasteiger partial charge is 0.508 e. The van der Waals surface area contributed by atoms with E-state index in [9.17, 15) is 39.4 Å². The Balaban J connectivity index is 0.000000242. The number of hydrogen-bond donors (Lipinski definition) is 4. The number of hydrogen-bond acceptors (Lipinski definition) is 18. The minimum Gasteiger partial charge on any atom is -0.508 e. The molecule has 0 saturated carbocycles. The summed E-state index contributed by atoms with van der Waals surface area (Å²) in [7, 11) is -1.33. The molecule has 8 atom stereocenters. The van der Waals surface area contributed by atoms with Crippen LogP contribution in [0.2, 0.25) is 20.5 Å². The van der Waals surface area contributed by atoms with Gasteiger partial charge in [0.2, 0.25) is 0 Å². The number of methoxy groups -OCH3 is 1. The molecule has 0 spiro atoms. The first-order valence-corrected chi connectivity index (χ1v) is 31.0. The molecule has 8 aliphatic rings. The molecule has 0 radical (unpaired) electrons. The van der Waals surface area contributed by atoms with Crippen molar-refractivity contribution in [2.45, 2.75) is 161 Å². The summed E-state index contributed by atoms with van der Waals surface area (Å²) < 4.78 is 43.3. The predicted molar refractivity (Wildman–Crippen MR) is 339 cm³/mol. The summed E-state index contributed by atoms with van der Waals surface area (Å²) >= 11 is 0. The number of phenolic OH excluding ortho intramolecular Hbond substituents is 1. The number of ether oxygens (including phenoxy) is 7. The molecule has 21 nitrogen and oxygen atoms in total. The first-order chi connectivity index (χ1) is 42.6. The average molecular weight is 1220 g/mol. The Morgan fingerprint density at radius 1 is 0.573 bits per heavy atom. The number of anilines is 3. The van der Waals surface area contributed by atoms with Crippen molar-refractivity contribution in [3.63, 3.8) is 0 Å². The molecule has 0 bridgehead atoms. The van der Waals surface area contributed by atoms with E-state index in [-0.39, 0.29) is 67.1 Å². The van der Waals surface area contributed by atoms with Gasteiger partial charge in [0.1, 0.15) is 43.5 Å². The van der Waals surface area contributed by atoms with Crippen molar-refractivity contribution in [2.24, 2.45) is 0 Å². The molecular formula is C65H81B3N6O15. The van der Waals surface area contributed by atoms with Crippen molar-refractivity contribution in [2.75, 3.05) is 54.4 Å². The van der Waals surface area contributed by atoms with Crippen LogP contribution in [0.4, 0.5) is 17.1 Å². The third-order valence-electron chi connectivity index (χ3n) is 18.3. The van der Waals surface area contributed by atoms with E-state index in [0.29, 0.717) is 132 Å². The number of fused-ring (bicyclic) bond motifs is 6. The summed E-state index contributed by atoms with van der Waals surface area (Å²) in [5.41, 5.74) is 8.78. The quantitative estimate of drug-likeness (QED) is 0.0503. The van der Waals surface area contributed by atoms with Gasteiger partial charge in [0.05, 0.1) is 41.9 Å². The van der Waals surface area contributed by atoms with E-state index in [0.717, 1.165) is 60.7 Å². The number of rotatable bonds is 15. The first-order valence-electron chi connectivity index (χ1n) is 31.0. The van der Waals surface area contributed by atoms with Gasteiger partial charge in [-0.2, -0.15) is 0 Å². The standard InChI is InChI=1S/C45H54B2N4O10.C20H27BN2O5/c1-26-12-35-29(4)50(46(5)55)36-20-41(40(57-7)18-34(36)44(54)48(35)21-26)60-25-32-16-30(23-52)15-31(17-32)24-59-39-19-37-33(14-28(39)3)43(53)49-22-27(2)13-38(49)45(51(37)47(6)56)61-42-10-8-9-11-58-42;1-12-8-16-20(28-18-6-4-5-7-27-18)23(21(3)26)15-10-17(24)13(2)9-14(15)19(25)22(16)11-12/h14-20,23,29,35,38,42,45,55-56H,1-2,8-13,21-22,24-25H2,3-7H3;9-10,16,18,20,24,26H,1,4-8,11H2,2-3H3/t29-,35-,38-,42?,45-;16-,18?,20-/m00/s1. The highest BCUT2D eigenvalue weighted by molar-refractivity contribution is 6.55. The Morgan fingerprint density at radius 3 is 1.48 bits per heavy atom. The Bertz CT molecular complexity index is 3430. The van der Waals surface area contributed by atoms with Crippen LogP contribution in [0.5, 0.6) is 23.0 Å². The molecule has 5 fully saturated rings. The van der Waals surface area contributed by atoms with Crippen molar-refractivity contribution in [1.82, 2.24) is 14.7 Å². The van der Waals surface area contributed by atoms with E-state index >= 15 is 0 Å². The lowest BCUT2D eigenvalue weighted by molar-refractivity contribution is -0.194. The van der Waals surface area contributed by atoms with Crippen LogP contribution in [0, 0.1) is 13.8 Å². The van der Waals surface area contributed by atoms with E-state index in [4.69, 9.17) is 33.2 Å². The van der Waals surface area contributed by atoms with E-state index < -0.39 is 39.9 Å². The van der Waals surface area contributed by atoms with Crippen LogP contribution in [0.15, 0.2) is 91.1 Å². The molecule has 3 amide bonds. The van der Waals surface area contributed by atoms with E-state index in [1.807, 2.05) is 29.6 Å². The predicted octanol–water partition coefficient (Wildman–Crippen LogP) is 7.90. The van der Waals surface area contributed by atoms with Crippen LogP contribution < -0.4 is 28.6 Å². The second-order valence-electron chi connectivity index (χ2n) is 25.0. The Morgan fingerprint density at radius 2 is 1.01 bits per heavy atom. The van der Waals surface area contributed by atoms with Crippen LogP contribution >= 0.6 is 0 Å². The molecule has 8 aliphatic heterocycles. The molecule has 8 heterocycles. The Labute approximate surface area is 521 Å². The molecule has 0 aliphatic carbocycles. The maximum absolute atomic E-state index is 14.2. The Hall–Kier alpha value is -7.31. The molecule has 0 aromatic heterocycles. The molecule has 5 saturated heterocycles. The molecule has 2 unspecified atom stereocenters. The number of benzene rings is 4. The number of carbonyl (C=O) groups is 4. The summed E-state index contributed by atoms with van der Waals surface area (Å²) in [6, 6.07) is 14.5. The maximum Gasteiger partial charge on any atom is 0.411 e. The van der Waals surface area contributed by atoms with Gasteiger partial charge in [0, 0.05) is 79.7 Å². The number of aromatic hydroxyl groups is 1. The summed E-state index contributed by atoms with van der Waals surface area (Å²) in [5.74, 6) is 0.828. The molecule has 4 aromatic carbocycles. The van der Waals surface area contributed by atoms with Crippen molar-refractivity contribution in [3.05, 3.63) is 136 Å². The van der Waals surface area contributed by atoms with Crippen LogP contribution in [0.25, 0.3) is 0 Å². The first kappa shape index (κ1) is 63.3. The van der Waals surface area contributed by atoms with Gasteiger partial charge in [0.15, 0.2) is 24.1 Å². The second kappa shape index (κ2) is 26.3. The van der Waals surface area contributed by atoms with Crippen molar-refractivity contribution in [1.29, 1.82) is 0 Å². The summed E-state index contributed by atoms with van der Waals surface area (Å²) in [6.45, 7) is 25.7. The number of aryl methyl sites for hydroxylation is 2.